The predicted octanol–water partition coefficient (Wildman–Crippen LogP) is 9.71. The molecule has 0 spiro atoms. The van der Waals surface area contributed by atoms with Crippen molar-refractivity contribution in [3.05, 3.63) is 29.6 Å². The molecule has 0 aliphatic carbocycles. The van der Waals surface area contributed by atoms with E-state index in [0.717, 1.165) is 0 Å². The van der Waals surface area contributed by atoms with Crippen molar-refractivity contribution in [2.75, 3.05) is 0 Å². The van der Waals surface area contributed by atoms with Crippen molar-refractivity contribution in [3.8, 4) is 0 Å². The highest BCUT2D eigenvalue weighted by Crippen LogP contribution is 2.72. The van der Waals surface area contributed by atoms with Gasteiger partial charge in [0.15, 0.2) is 0 Å². The van der Waals surface area contributed by atoms with Crippen LogP contribution >= 0.6 is 15.8 Å². The molecule has 3 heteroatoms. The monoisotopic (exact) mass is 451 g/mol. The summed E-state index contributed by atoms with van der Waals surface area (Å²) in [5.74, 6) is 0. The molecule has 1 rings (SSSR count). The van der Waals surface area contributed by atoms with E-state index in [1.54, 1.807) is 0 Å². The van der Waals surface area contributed by atoms with Crippen LogP contribution < -0.4 is 0 Å². The summed E-state index contributed by atoms with van der Waals surface area (Å²) in [6.07, 6.45) is 0. The molecule has 0 saturated carbocycles. The molecule has 1 heterocycles. The Morgan fingerprint density at radius 3 is 0.900 bits per heavy atom. The van der Waals surface area contributed by atoms with E-state index in [1.165, 1.54) is 11.4 Å². The van der Waals surface area contributed by atoms with Crippen LogP contribution in [0.2, 0.25) is 0 Å². The zero-order valence-corrected chi connectivity index (χ0v) is 24.9. The van der Waals surface area contributed by atoms with E-state index in [2.05, 4.69) is 129 Å². The lowest BCUT2D eigenvalue weighted by molar-refractivity contribution is 0.601. The second-order valence-corrected chi connectivity index (χ2v) is 22.8. The average Bonchev–Trinajstić information content (AvgIpc) is 2.39. The average molecular weight is 452 g/mol. The number of aromatic nitrogens is 1. The van der Waals surface area contributed by atoms with Crippen LogP contribution in [0.5, 0.6) is 0 Å². The van der Waals surface area contributed by atoms with Gasteiger partial charge in [0.05, 0.1) is 11.4 Å². The third-order valence-corrected chi connectivity index (χ3v) is 13.9. The van der Waals surface area contributed by atoms with Gasteiger partial charge in [-0.25, -0.2) is 0 Å². The van der Waals surface area contributed by atoms with Gasteiger partial charge in [-0.3, -0.25) is 4.98 Å². The van der Waals surface area contributed by atoms with Gasteiger partial charge in [-0.05, 0) is 32.8 Å². The van der Waals surface area contributed by atoms with Gasteiger partial charge >= 0.3 is 0 Å². The Morgan fingerprint density at radius 1 is 0.467 bits per heavy atom. The predicted molar refractivity (Wildman–Crippen MR) is 143 cm³/mol. The standard InChI is InChI=1S/C27H51NP2/c1-22(2,3)29(23(4,5)6)26(13,14)20-18-17-19-21(28-20)27(15,16)30(24(7,8)9)25(10,11)12/h17-19H,1-16H3. The number of rotatable bonds is 4. The number of hydrogen-bond donors (Lipinski definition) is 0. The minimum absolute atomic E-state index is 0.0458. The lowest BCUT2D eigenvalue weighted by Crippen LogP contribution is -2.37. The molecule has 0 radical (unpaired) electrons. The molecule has 0 N–H and O–H groups in total. The number of nitrogens with zero attached hydrogens (tertiary/aromatic N) is 1. The summed E-state index contributed by atoms with van der Waals surface area (Å²) >= 11 is 0. The van der Waals surface area contributed by atoms with E-state index < -0.39 is 0 Å². The Balaban J connectivity index is 3.66. The first-order valence-electron chi connectivity index (χ1n) is 11.5. The molecule has 30 heavy (non-hydrogen) atoms. The quantitative estimate of drug-likeness (QED) is 0.415. The van der Waals surface area contributed by atoms with Crippen LogP contribution in [0.25, 0.3) is 0 Å². The Labute approximate surface area is 192 Å². The molecule has 0 unspecified atom stereocenters. The number of hydrogen-bond acceptors (Lipinski definition) is 1. The molecule has 1 aromatic heterocycles. The summed E-state index contributed by atoms with van der Waals surface area (Å²) in [4.78, 5) is 5.44. The molecule has 0 aliphatic rings. The van der Waals surface area contributed by atoms with Gasteiger partial charge in [0.1, 0.15) is 0 Å². The first kappa shape index (κ1) is 28.0. The molecule has 174 valence electrons. The minimum atomic E-state index is -0.328. The van der Waals surface area contributed by atoms with Crippen LogP contribution in [0, 0.1) is 0 Å². The van der Waals surface area contributed by atoms with E-state index in [0.29, 0.717) is 0 Å². The zero-order valence-electron chi connectivity index (χ0n) is 23.1. The molecule has 0 amide bonds. The van der Waals surface area contributed by atoms with Gasteiger partial charge in [0, 0.05) is 10.3 Å². The number of pyridine rings is 1. The van der Waals surface area contributed by atoms with E-state index in [4.69, 9.17) is 4.98 Å². The topological polar surface area (TPSA) is 12.9 Å². The second kappa shape index (κ2) is 8.41. The highest BCUT2D eigenvalue weighted by Gasteiger charge is 2.48. The second-order valence-electron chi connectivity index (χ2n) is 13.9. The first-order valence-corrected chi connectivity index (χ1v) is 14.2. The van der Waals surface area contributed by atoms with Crippen molar-refractivity contribution in [1.29, 1.82) is 0 Å². The van der Waals surface area contributed by atoms with Crippen LogP contribution in [0.4, 0.5) is 0 Å². The maximum atomic E-state index is 5.44. The van der Waals surface area contributed by atoms with Crippen molar-refractivity contribution >= 4 is 15.8 Å². The molecule has 1 aromatic rings. The van der Waals surface area contributed by atoms with Gasteiger partial charge in [0.25, 0.3) is 0 Å². The van der Waals surface area contributed by atoms with Crippen LogP contribution in [-0.4, -0.2) is 25.6 Å². The zero-order chi connectivity index (χ0) is 24.1. The van der Waals surface area contributed by atoms with Crippen LogP contribution in [0.1, 0.15) is 122 Å². The fourth-order valence-electron chi connectivity index (χ4n) is 6.71. The summed E-state index contributed by atoms with van der Waals surface area (Å²) in [5, 5.41) is 1.12. The molecule has 0 saturated heterocycles. The SMILES string of the molecule is CC(C)(C)P(C(C)(C)C)C(C)(C)c1cccc(C(C)(C)P(C(C)(C)C)C(C)(C)C)n1. The Hall–Kier alpha value is 0.01000. The Bertz CT molecular complexity index is 632. The smallest absolute Gasteiger partial charge is 0.0506 e. The Morgan fingerprint density at radius 2 is 0.700 bits per heavy atom. The van der Waals surface area contributed by atoms with Crippen molar-refractivity contribution in [1.82, 2.24) is 4.98 Å². The molecule has 0 bridgehead atoms. The van der Waals surface area contributed by atoms with Crippen LogP contribution in [-0.2, 0) is 10.3 Å². The van der Waals surface area contributed by atoms with Crippen LogP contribution in [0.3, 0.4) is 0 Å². The van der Waals surface area contributed by atoms with E-state index in [1.807, 2.05) is 0 Å². The molecule has 0 atom stereocenters. The van der Waals surface area contributed by atoms with Crippen molar-refractivity contribution < 1.29 is 0 Å². The summed E-state index contributed by atoms with van der Waals surface area (Å²) in [5.41, 5.74) is 2.53. The highest BCUT2D eigenvalue weighted by molar-refractivity contribution is 7.62. The lowest BCUT2D eigenvalue weighted by Gasteiger charge is -2.52. The normalized spacial score (nSPS) is 15.3. The van der Waals surface area contributed by atoms with Crippen LogP contribution in [0.15, 0.2) is 18.2 Å². The van der Waals surface area contributed by atoms with Crippen molar-refractivity contribution in [3.63, 3.8) is 0 Å². The molecule has 0 aromatic carbocycles. The van der Waals surface area contributed by atoms with E-state index in [9.17, 15) is 0 Å². The minimum Gasteiger partial charge on any atom is -0.256 e. The molecular formula is C27H51NP2. The molecule has 0 aliphatic heterocycles. The lowest BCUT2D eigenvalue weighted by atomic mass is 10.0. The molecule has 1 nitrogen and oxygen atoms in total. The summed E-state index contributed by atoms with van der Waals surface area (Å²) in [7, 11) is -0.656. The summed E-state index contributed by atoms with van der Waals surface area (Å²) < 4.78 is 0. The fourth-order valence-corrected chi connectivity index (χ4v) is 18.2. The van der Waals surface area contributed by atoms with Crippen molar-refractivity contribution in [2.45, 2.75) is 142 Å². The summed E-state index contributed by atoms with van der Waals surface area (Å²) in [6.45, 7) is 38.7. The van der Waals surface area contributed by atoms with E-state index >= 15 is 0 Å². The van der Waals surface area contributed by atoms with Gasteiger partial charge in [0.2, 0.25) is 0 Å². The largest absolute Gasteiger partial charge is 0.256 e. The first-order chi connectivity index (χ1) is 12.9. The van der Waals surface area contributed by atoms with Gasteiger partial charge in [-0.1, -0.05) is 133 Å². The molecular weight excluding hydrogens is 400 g/mol. The maximum absolute atomic E-state index is 5.44. The Kier molecular flexibility index (Phi) is 7.87. The third kappa shape index (κ3) is 6.07. The van der Waals surface area contributed by atoms with Gasteiger partial charge in [-0.2, -0.15) is 0 Å². The van der Waals surface area contributed by atoms with E-state index in [-0.39, 0.29) is 46.8 Å². The third-order valence-electron chi connectivity index (χ3n) is 5.80. The van der Waals surface area contributed by atoms with Gasteiger partial charge < -0.3 is 0 Å². The van der Waals surface area contributed by atoms with Gasteiger partial charge in [-0.15, -0.1) is 0 Å². The highest BCUT2D eigenvalue weighted by atomic mass is 31.1. The fraction of sp³-hybridized carbons (Fsp3) is 0.815. The summed E-state index contributed by atoms with van der Waals surface area (Å²) in [6, 6.07) is 6.82. The molecule has 0 fully saturated rings. The maximum Gasteiger partial charge on any atom is 0.0506 e. The van der Waals surface area contributed by atoms with Crippen molar-refractivity contribution in [2.24, 2.45) is 0 Å².